The minimum atomic E-state index is -0.134. The molecule has 1 aliphatic rings. The number of carbonyl (C=O) groups excluding carboxylic acids is 1. The van der Waals surface area contributed by atoms with Gasteiger partial charge in [-0.3, -0.25) is 4.79 Å². The van der Waals surface area contributed by atoms with E-state index in [-0.39, 0.29) is 5.91 Å². The van der Waals surface area contributed by atoms with Crippen molar-refractivity contribution in [3.05, 3.63) is 17.5 Å². The average Bonchev–Trinajstić information content (AvgIpc) is 3.11. The fourth-order valence-corrected chi connectivity index (χ4v) is 1.76. The van der Waals surface area contributed by atoms with Crippen LogP contribution in [0.2, 0.25) is 0 Å². The van der Waals surface area contributed by atoms with E-state index in [4.69, 9.17) is 4.52 Å². The summed E-state index contributed by atoms with van der Waals surface area (Å²) in [7, 11) is 2.07. The van der Waals surface area contributed by atoms with Crippen LogP contribution in [0.1, 0.15) is 48.4 Å². The second-order valence-corrected chi connectivity index (χ2v) is 4.89. The fourth-order valence-electron chi connectivity index (χ4n) is 1.76. The zero-order chi connectivity index (χ0) is 13.0. The number of carbonyl (C=O) groups is 1. The molecule has 18 heavy (non-hydrogen) atoms. The van der Waals surface area contributed by atoms with E-state index < -0.39 is 0 Å². The van der Waals surface area contributed by atoms with Gasteiger partial charge in [-0.2, -0.15) is 0 Å². The molecule has 0 bridgehead atoms. The molecule has 0 radical (unpaired) electrons. The van der Waals surface area contributed by atoms with Crippen molar-refractivity contribution >= 4 is 5.91 Å². The van der Waals surface area contributed by atoms with Crippen LogP contribution in [0.25, 0.3) is 0 Å². The molecule has 0 spiro atoms. The lowest BCUT2D eigenvalue weighted by Gasteiger charge is -2.13. The van der Waals surface area contributed by atoms with Gasteiger partial charge in [0, 0.05) is 18.5 Å². The Hall–Kier alpha value is -1.36. The van der Waals surface area contributed by atoms with Gasteiger partial charge < -0.3 is 14.7 Å². The molecule has 1 amide bonds. The van der Waals surface area contributed by atoms with E-state index in [1.165, 1.54) is 0 Å². The van der Waals surface area contributed by atoms with Crippen molar-refractivity contribution in [1.29, 1.82) is 0 Å². The smallest absolute Gasteiger partial charge is 0.273 e. The van der Waals surface area contributed by atoms with Crippen LogP contribution in [0, 0.1) is 0 Å². The fraction of sp³-hybridized carbons (Fsp3) is 0.692. The van der Waals surface area contributed by atoms with E-state index in [0.29, 0.717) is 18.2 Å². The standard InChI is InChI=1S/C13H21N3O2/c1-3-16(2)8-4-7-14-13(17)11-9-12(18-15-11)10-5-6-10/h9-10H,3-8H2,1-2H3,(H,14,17). The van der Waals surface area contributed by atoms with Crippen LogP contribution in [-0.4, -0.2) is 42.6 Å². The highest BCUT2D eigenvalue weighted by molar-refractivity contribution is 5.92. The van der Waals surface area contributed by atoms with Crippen LogP contribution in [0.15, 0.2) is 10.6 Å². The van der Waals surface area contributed by atoms with Gasteiger partial charge in [0.2, 0.25) is 0 Å². The van der Waals surface area contributed by atoms with Gasteiger partial charge in [-0.05, 0) is 39.4 Å². The summed E-state index contributed by atoms with van der Waals surface area (Å²) >= 11 is 0. The van der Waals surface area contributed by atoms with Crippen molar-refractivity contribution in [2.24, 2.45) is 0 Å². The maximum Gasteiger partial charge on any atom is 0.273 e. The molecule has 100 valence electrons. The summed E-state index contributed by atoms with van der Waals surface area (Å²) < 4.78 is 5.15. The molecule has 0 unspecified atom stereocenters. The first-order chi connectivity index (χ1) is 8.70. The van der Waals surface area contributed by atoms with Gasteiger partial charge >= 0.3 is 0 Å². The van der Waals surface area contributed by atoms with Crippen LogP contribution in [-0.2, 0) is 0 Å². The summed E-state index contributed by atoms with van der Waals surface area (Å²) in [5, 5.41) is 6.67. The molecular formula is C13H21N3O2. The van der Waals surface area contributed by atoms with Gasteiger partial charge in [0.05, 0.1) is 0 Å². The van der Waals surface area contributed by atoms with Crippen molar-refractivity contribution in [2.75, 3.05) is 26.7 Å². The monoisotopic (exact) mass is 251 g/mol. The van der Waals surface area contributed by atoms with Crippen LogP contribution >= 0.6 is 0 Å². The summed E-state index contributed by atoms with van der Waals surface area (Å²) in [5.74, 6) is 1.22. The highest BCUT2D eigenvalue weighted by Gasteiger charge is 2.28. The largest absolute Gasteiger partial charge is 0.360 e. The Morgan fingerprint density at radius 2 is 2.39 bits per heavy atom. The Morgan fingerprint density at radius 1 is 1.61 bits per heavy atom. The SMILES string of the molecule is CCN(C)CCCNC(=O)c1cc(C2CC2)on1. The van der Waals surface area contributed by atoms with Crippen LogP contribution in [0.4, 0.5) is 0 Å². The Kier molecular flexibility index (Phi) is 4.36. The predicted molar refractivity (Wildman–Crippen MR) is 68.6 cm³/mol. The Balaban J connectivity index is 1.70. The highest BCUT2D eigenvalue weighted by Crippen LogP contribution is 2.40. The van der Waals surface area contributed by atoms with E-state index in [1.54, 1.807) is 6.07 Å². The maximum absolute atomic E-state index is 11.8. The minimum Gasteiger partial charge on any atom is -0.360 e. The van der Waals surface area contributed by atoms with Crippen molar-refractivity contribution in [3.8, 4) is 0 Å². The number of hydrogen-bond donors (Lipinski definition) is 1. The van der Waals surface area contributed by atoms with Gasteiger partial charge in [0.15, 0.2) is 5.69 Å². The zero-order valence-corrected chi connectivity index (χ0v) is 11.1. The Bertz CT molecular complexity index is 399. The topological polar surface area (TPSA) is 58.4 Å². The van der Waals surface area contributed by atoms with Gasteiger partial charge in [-0.15, -0.1) is 0 Å². The summed E-state index contributed by atoms with van der Waals surface area (Å²) in [6, 6.07) is 1.77. The molecule has 1 aliphatic carbocycles. The quantitative estimate of drug-likeness (QED) is 0.748. The number of nitrogens with zero attached hydrogens (tertiary/aromatic N) is 2. The maximum atomic E-state index is 11.8. The zero-order valence-electron chi connectivity index (χ0n) is 11.1. The molecule has 1 saturated carbocycles. The second-order valence-electron chi connectivity index (χ2n) is 4.89. The third-order valence-electron chi connectivity index (χ3n) is 3.28. The van der Waals surface area contributed by atoms with Crippen molar-refractivity contribution in [3.63, 3.8) is 0 Å². The van der Waals surface area contributed by atoms with Gasteiger partial charge in [0.1, 0.15) is 5.76 Å². The molecule has 0 aromatic carbocycles. The third-order valence-corrected chi connectivity index (χ3v) is 3.28. The van der Waals surface area contributed by atoms with Crippen LogP contribution in [0.5, 0.6) is 0 Å². The third kappa shape index (κ3) is 3.57. The first-order valence-electron chi connectivity index (χ1n) is 6.64. The first kappa shape index (κ1) is 13.1. The van der Waals surface area contributed by atoms with Gasteiger partial charge in [-0.1, -0.05) is 12.1 Å². The molecule has 0 saturated heterocycles. The Labute approximate surface area is 108 Å². The van der Waals surface area contributed by atoms with E-state index in [1.807, 2.05) is 0 Å². The molecule has 1 fully saturated rings. The summed E-state index contributed by atoms with van der Waals surface area (Å²) in [4.78, 5) is 14.0. The van der Waals surface area contributed by atoms with Gasteiger partial charge in [-0.25, -0.2) is 0 Å². The predicted octanol–water partition coefficient (Wildman–Crippen LogP) is 1.62. The minimum absolute atomic E-state index is 0.134. The number of nitrogens with one attached hydrogen (secondary N) is 1. The molecule has 1 heterocycles. The summed E-state index contributed by atoms with van der Waals surface area (Å²) in [6.07, 6.45) is 3.25. The summed E-state index contributed by atoms with van der Waals surface area (Å²) in [6.45, 7) is 4.81. The van der Waals surface area contributed by atoms with E-state index in [0.717, 1.165) is 38.1 Å². The first-order valence-corrected chi connectivity index (χ1v) is 6.64. The second kappa shape index (κ2) is 6.00. The Morgan fingerprint density at radius 3 is 3.06 bits per heavy atom. The molecule has 1 aromatic rings. The molecule has 0 aliphatic heterocycles. The summed E-state index contributed by atoms with van der Waals surface area (Å²) in [5.41, 5.74) is 0.403. The number of aromatic nitrogens is 1. The van der Waals surface area contributed by atoms with Crippen molar-refractivity contribution in [2.45, 2.75) is 32.1 Å². The van der Waals surface area contributed by atoms with E-state index in [9.17, 15) is 4.79 Å². The van der Waals surface area contributed by atoms with Gasteiger partial charge in [0.25, 0.3) is 5.91 Å². The highest BCUT2D eigenvalue weighted by atomic mass is 16.5. The van der Waals surface area contributed by atoms with Crippen molar-refractivity contribution in [1.82, 2.24) is 15.4 Å². The molecular weight excluding hydrogens is 230 g/mol. The lowest BCUT2D eigenvalue weighted by atomic mass is 10.2. The normalized spacial score (nSPS) is 15.1. The molecule has 0 atom stereocenters. The average molecular weight is 251 g/mol. The van der Waals surface area contributed by atoms with E-state index >= 15 is 0 Å². The molecule has 1 N–H and O–H groups in total. The molecule has 5 nitrogen and oxygen atoms in total. The molecule has 2 rings (SSSR count). The van der Waals surface area contributed by atoms with E-state index in [2.05, 4.69) is 29.3 Å². The van der Waals surface area contributed by atoms with Crippen molar-refractivity contribution < 1.29 is 9.32 Å². The lowest BCUT2D eigenvalue weighted by molar-refractivity contribution is 0.0943. The van der Waals surface area contributed by atoms with Crippen LogP contribution < -0.4 is 5.32 Å². The number of hydrogen-bond acceptors (Lipinski definition) is 4. The van der Waals surface area contributed by atoms with Crippen LogP contribution in [0.3, 0.4) is 0 Å². The molecule has 5 heteroatoms. The number of rotatable bonds is 7. The molecule has 1 aromatic heterocycles. The number of amides is 1. The lowest BCUT2D eigenvalue weighted by Crippen LogP contribution is -2.28.